The fraction of sp³-hybridized carbons (Fsp3) is 1.00. The Labute approximate surface area is 63.4 Å². The van der Waals surface area contributed by atoms with Crippen molar-refractivity contribution in [1.29, 1.82) is 0 Å². The molecule has 0 N–H and O–H groups in total. The Morgan fingerprint density at radius 1 is 1.50 bits per heavy atom. The molecule has 1 saturated carbocycles. The van der Waals surface area contributed by atoms with Gasteiger partial charge in [-0.05, 0) is 38.3 Å². The van der Waals surface area contributed by atoms with E-state index in [2.05, 4.69) is 25.8 Å². The predicted octanol–water partition coefficient (Wildman–Crippen LogP) is 1.74. The number of rotatable bonds is 1. The monoisotopic (exact) mass is 139 g/mol. The van der Waals surface area contributed by atoms with Gasteiger partial charge in [0.05, 0.1) is 0 Å². The molecule has 0 amide bonds. The van der Waals surface area contributed by atoms with E-state index in [0.717, 1.165) is 11.8 Å². The van der Waals surface area contributed by atoms with Gasteiger partial charge in [-0.1, -0.05) is 13.8 Å². The van der Waals surface area contributed by atoms with Gasteiger partial charge in [0.2, 0.25) is 0 Å². The van der Waals surface area contributed by atoms with Crippen LogP contribution in [0, 0.1) is 11.8 Å². The van der Waals surface area contributed by atoms with E-state index in [9.17, 15) is 0 Å². The summed E-state index contributed by atoms with van der Waals surface area (Å²) >= 11 is 0. The van der Waals surface area contributed by atoms with Crippen LogP contribution in [0.5, 0.6) is 0 Å². The minimum absolute atomic E-state index is 0.653. The molecule has 10 heavy (non-hydrogen) atoms. The molecule has 1 aliphatic carbocycles. The molecule has 58 valence electrons. The first kappa shape index (κ1) is 6.66. The third-order valence-corrected chi connectivity index (χ3v) is 3.64. The van der Waals surface area contributed by atoms with Gasteiger partial charge >= 0.3 is 0 Å². The maximum atomic E-state index is 2.57. The number of fused-ring (bicyclic) bond motifs is 1. The average molecular weight is 139 g/mol. The molecule has 1 heteroatoms. The van der Waals surface area contributed by atoms with Crippen molar-refractivity contribution < 1.29 is 0 Å². The van der Waals surface area contributed by atoms with E-state index in [1.807, 2.05) is 0 Å². The molecular formula is C9H17N. The quantitative estimate of drug-likeness (QED) is 0.535. The van der Waals surface area contributed by atoms with Gasteiger partial charge in [-0.3, -0.25) is 0 Å². The Morgan fingerprint density at radius 2 is 2.20 bits per heavy atom. The Hall–Kier alpha value is -0.0400. The predicted molar refractivity (Wildman–Crippen MR) is 42.9 cm³/mol. The summed E-state index contributed by atoms with van der Waals surface area (Å²) in [5.74, 6) is 1.92. The van der Waals surface area contributed by atoms with Crippen molar-refractivity contribution in [1.82, 2.24) is 4.90 Å². The van der Waals surface area contributed by atoms with Crippen LogP contribution in [0.2, 0.25) is 0 Å². The zero-order chi connectivity index (χ0) is 7.35. The minimum atomic E-state index is 0.653. The summed E-state index contributed by atoms with van der Waals surface area (Å²) in [6, 6.07) is 0. The molecule has 0 bridgehead atoms. The van der Waals surface area contributed by atoms with Crippen LogP contribution in [0.3, 0.4) is 0 Å². The first-order valence-corrected chi connectivity index (χ1v) is 4.39. The first-order valence-electron chi connectivity index (χ1n) is 4.39. The van der Waals surface area contributed by atoms with Crippen molar-refractivity contribution in [3.63, 3.8) is 0 Å². The highest BCUT2D eigenvalue weighted by atomic mass is 15.3. The number of hydrogen-bond donors (Lipinski definition) is 0. The third kappa shape index (κ3) is 0.572. The smallest absolute Gasteiger partial charge is 0.0262 e. The molecule has 0 aromatic rings. The molecule has 1 heterocycles. The molecule has 0 aromatic carbocycles. The number of nitrogens with zero attached hydrogens (tertiary/aromatic N) is 1. The molecule has 2 aliphatic rings. The van der Waals surface area contributed by atoms with Crippen molar-refractivity contribution in [3.05, 3.63) is 0 Å². The number of hydrogen-bond acceptors (Lipinski definition) is 1. The van der Waals surface area contributed by atoms with E-state index in [4.69, 9.17) is 0 Å². The van der Waals surface area contributed by atoms with Gasteiger partial charge < -0.3 is 4.90 Å². The van der Waals surface area contributed by atoms with Crippen LogP contribution in [0.15, 0.2) is 0 Å². The Morgan fingerprint density at radius 3 is 2.40 bits per heavy atom. The fourth-order valence-electron chi connectivity index (χ4n) is 2.86. The largest absolute Gasteiger partial charge is 0.300 e. The maximum Gasteiger partial charge on any atom is 0.0262 e. The summed E-state index contributed by atoms with van der Waals surface area (Å²) in [6.45, 7) is 6.06. The summed E-state index contributed by atoms with van der Waals surface area (Å²) in [4.78, 5) is 2.57. The van der Waals surface area contributed by atoms with Crippen LogP contribution < -0.4 is 0 Å². The molecule has 0 radical (unpaired) electrons. The van der Waals surface area contributed by atoms with Crippen molar-refractivity contribution in [2.24, 2.45) is 11.8 Å². The highest BCUT2D eigenvalue weighted by Gasteiger charge is 2.61. The van der Waals surface area contributed by atoms with Gasteiger partial charge in [-0.25, -0.2) is 0 Å². The molecule has 2 rings (SSSR count). The minimum Gasteiger partial charge on any atom is -0.300 e. The summed E-state index contributed by atoms with van der Waals surface area (Å²) in [5, 5.41) is 0. The zero-order valence-electron chi connectivity index (χ0n) is 7.22. The third-order valence-electron chi connectivity index (χ3n) is 3.64. The van der Waals surface area contributed by atoms with Crippen LogP contribution >= 0.6 is 0 Å². The summed E-state index contributed by atoms with van der Waals surface area (Å²) < 4.78 is 0. The Bertz CT molecular complexity index is 149. The molecule has 0 spiro atoms. The fourth-order valence-corrected chi connectivity index (χ4v) is 2.86. The normalized spacial score (nSPS) is 46.2. The lowest BCUT2D eigenvalue weighted by Crippen LogP contribution is -2.35. The lowest BCUT2D eigenvalue weighted by Gasteiger charge is -2.27. The van der Waals surface area contributed by atoms with E-state index < -0.39 is 0 Å². The van der Waals surface area contributed by atoms with Gasteiger partial charge in [0.1, 0.15) is 0 Å². The van der Waals surface area contributed by atoms with Crippen molar-refractivity contribution in [2.75, 3.05) is 13.6 Å². The lowest BCUT2D eigenvalue weighted by molar-refractivity contribution is 0.201. The van der Waals surface area contributed by atoms with E-state index in [-0.39, 0.29) is 0 Å². The second-order valence-electron chi connectivity index (χ2n) is 4.26. The number of likely N-dealkylation sites (tertiary alicyclic amines) is 1. The molecular weight excluding hydrogens is 122 g/mol. The van der Waals surface area contributed by atoms with Gasteiger partial charge in [0.25, 0.3) is 0 Å². The molecule has 2 atom stereocenters. The van der Waals surface area contributed by atoms with Gasteiger partial charge in [-0.15, -0.1) is 0 Å². The topological polar surface area (TPSA) is 3.24 Å². The number of piperidine rings is 1. The molecule has 2 fully saturated rings. The SMILES string of the molecule is CC(C)[C@]12C[C@@H]1CCN2C. The summed E-state index contributed by atoms with van der Waals surface area (Å²) in [7, 11) is 2.28. The second kappa shape index (κ2) is 1.76. The maximum absolute atomic E-state index is 2.57. The lowest BCUT2D eigenvalue weighted by atomic mass is 10.00. The molecule has 0 unspecified atom stereocenters. The van der Waals surface area contributed by atoms with Crippen LogP contribution in [0.1, 0.15) is 26.7 Å². The van der Waals surface area contributed by atoms with Crippen LogP contribution in [-0.4, -0.2) is 24.0 Å². The van der Waals surface area contributed by atoms with Crippen LogP contribution in [0.4, 0.5) is 0 Å². The molecule has 0 aromatic heterocycles. The Balaban J connectivity index is 2.17. The molecule has 1 nitrogen and oxygen atoms in total. The summed E-state index contributed by atoms with van der Waals surface area (Å²) in [5.41, 5.74) is 0.653. The highest BCUT2D eigenvalue weighted by molar-refractivity contribution is 5.16. The van der Waals surface area contributed by atoms with Gasteiger partial charge in [0.15, 0.2) is 0 Å². The second-order valence-corrected chi connectivity index (χ2v) is 4.26. The standard InChI is InChI=1S/C9H17N/c1-7(2)9-6-8(9)4-5-10(9)3/h7-8H,4-6H2,1-3H3/t8-,9+/m0/s1. The van der Waals surface area contributed by atoms with Gasteiger partial charge in [0, 0.05) is 5.54 Å². The van der Waals surface area contributed by atoms with Crippen LogP contribution in [-0.2, 0) is 0 Å². The van der Waals surface area contributed by atoms with Gasteiger partial charge in [-0.2, -0.15) is 0 Å². The van der Waals surface area contributed by atoms with E-state index in [1.165, 1.54) is 19.4 Å². The first-order chi connectivity index (χ1) is 4.68. The summed E-state index contributed by atoms with van der Waals surface area (Å²) in [6.07, 6.45) is 2.93. The highest BCUT2D eigenvalue weighted by Crippen LogP contribution is 2.58. The van der Waals surface area contributed by atoms with E-state index >= 15 is 0 Å². The average Bonchev–Trinajstić information content (AvgIpc) is 2.52. The molecule has 1 aliphatic heterocycles. The van der Waals surface area contributed by atoms with Crippen molar-refractivity contribution >= 4 is 0 Å². The Kier molecular flexibility index (Phi) is 1.17. The van der Waals surface area contributed by atoms with Crippen molar-refractivity contribution in [3.8, 4) is 0 Å². The zero-order valence-corrected chi connectivity index (χ0v) is 7.22. The molecule has 1 saturated heterocycles. The van der Waals surface area contributed by atoms with E-state index in [1.54, 1.807) is 0 Å². The van der Waals surface area contributed by atoms with E-state index in [0.29, 0.717) is 5.54 Å². The van der Waals surface area contributed by atoms with Crippen LogP contribution in [0.25, 0.3) is 0 Å². The van der Waals surface area contributed by atoms with Crippen molar-refractivity contribution in [2.45, 2.75) is 32.2 Å².